The van der Waals surface area contributed by atoms with Gasteiger partial charge in [-0.05, 0) is 91.1 Å². The number of carbonyl (C=O) groups is 1. The lowest BCUT2D eigenvalue weighted by Crippen LogP contribution is -2.32. The van der Waals surface area contributed by atoms with Crippen LogP contribution in [0.5, 0.6) is 0 Å². The van der Waals surface area contributed by atoms with Crippen LogP contribution in [0.2, 0.25) is 0 Å². The summed E-state index contributed by atoms with van der Waals surface area (Å²) in [6.07, 6.45) is 5.25. The molecule has 2 aromatic carbocycles. The van der Waals surface area contributed by atoms with Gasteiger partial charge in [-0.2, -0.15) is 0 Å². The Kier molecular flexibility index (Phi) is 9.62. The van der Waals surface area contributed by atoms with Gasteiger partial charge < -0.3 is 21.1 Å². The van der Waals surface area contributed by atoms with Gasteiger partial charge in [-0.15, -0.1) is 0 Å². The minimum Gasteiger partial charge on any atom is -0.395 e. The predicted molar refractivity (Wildman–Crippen MR) is 152 cm³/mol. The predicted octanol–water partition coefficient (Wildman–Crippen LogP) is 5.27. The van der Waals surface area contributed by atoms with Gasteiger partial charge in [0.05, 0.1) is 6.61 Å². The molecule has 0 saturated heterocycles. The Hall–Kier alpha value is -3.22. The molecule has 6 heteroatoms. The molecule has 0 radical (unpaired) electrons. The van der Waals surface area contributed by atoms with E-state index in [1.54, 1.807) is 7.05 Å². The maximum Gasteiger partial charge on any atom is 0.273 e. The second-order valence-corrected chi connectivity index (χ2v) is 9.56. The first kappa shape index (κ1) is 27.4. The monoisotopic (exact) mass is 488 g/mol. The lowest BCUT2D eigenvalue weighted by atomic mass is 9.76. The second kappa shape index (κ2) is 12.7. The summed E-state index contributed by atoms with van der Waals surface area (Å²) in [5.41, 5.74) is 8.62. The normalized spacial score (nSPS) is 15.3. The maximum atomic E-state index is 13.3. The number of hydrogen-bond donors (Lipinski definition) is 4. The first-order valence-electron chi connectivity index (χ1n) is 12.7. The molecule has 192 valence electrons. The number of nitrogens with zero attached hydrogens (tertiary/aromatic N) is 1. The molecule has 0 spiro atoms. The van der Waals surface area contributed by atoms with Gasteiger partial charge in [0, 0.05) is 38.1 Å². The van der Waals surface area contributed by atoms with Crippen molar-refractivity contribution < 1.29 is 9.90 Å². The van der Waals surface area contributed by atoms with Crippen molar-refractivity contribution in [3.63, 3.8) is 0 Å². The smallest absolute Gasteiger partial charge is 0.273 e. The molecule has 0 aliphatic heterocycles. The van der Waals surface area contributed by atoms with Gasteiger partial charge in [0.2, 0.25) is 0 Å². The van der Waals surface area contributed by atoms with Crippen LogP contribution < -0.4 is 16.0 Å². The highest BCUT2D eigenvalue weighted by molar-refractivity contribution is 6.47. The van der Waals surface area contributed by atoms with E-state index in [1.165, 1.54) is 6.42 Å². The molecule has 0 bridgehead atoms. The molecule has 1 aliphatic carbocycles. The first-order chi connectivity index (χ1) is 17.3. The number of benzene rings is 2. The van der Waals surface area contributed by atoms with Crippen LogP contribution in [-0.2, 0) is 4.79 Å². The van der Waals surface area contributed by atoms with Crippen molar-refractivity contribution in [3.05, 3.63) is 71.3 Å². The van der Waals surface area contributed by atoms with Crippen molar-refractivity contribution in [3.8, 4) is 11.1 Å². The Bertz CT molecular complexity index is 1160. The number of rotatable bonds is 11. The quantitative estimate of drug-likeness (QED) is 0.256. The molecule has 1 amide bonds. The van der Waals surface area contributed by atoms with E-state index in [-0.39, 0.29) is 18.6 Å². The maximum absolute atomic E-state index is 13.3. The topological polar surface area (TPSA) is 85.8 Å². The molecule has 1 fully saturated rings. The van der Waals surface area contributed by atoms with E-state index in [9.17, 15) is 9.90 Å². The van der Waals surface area contributed by atoms with Crippen LogP contribution in [0.1, 0.15) is 37.3 Å². The van der Waals surface area contributed by atoms with Crippen molar-refractivity contribution in [2.24, 2.45) is 10.9 Å². The minimum absolute atomic E-state index is 0.0142. The summed E-state index contributed by atoms with van der Waals surface area (Å²) in [5.74, 6) is 0.153. The standard InChI is InChI=1S/C30H40N4O2/c1-19(17-33-20(2)18-35)26(23-10-7-11-23)16-29(32-6)30(36)34-28-15-9-13-25(22(28)4)24-12-8-14-27(31-5)21(24)3/h8-9,12-16,20,23,31,33,35H,1,7,10-11,17-18H2,2-6H3,(H,34,36)/b26-16+,32-29+/t20-/m0/s1. The summed E-state index contributed by atoms with van der Waals surface area (Å²) in [6, 6.07) is 12.2. The fourth-order valence-corrected chi connectivity index (χ4v) is 4.52. The average Bonchev–Trinajstić information content (AvgIpc) is 2.85. The lowest BCUT2D eigenvalue weighted by Gasteiger charge is -2.30. The van der Waals surface area contributed by atoms with Crippen molar-refractivity contribution in [2.75, 3.05) is 37.9 Å². The number of anilines is 2. The number of aliphatic hydroxyl groups excluding tert-OH is 1. The highest BCUT2D eigenvalue weighted by Crippen LogP contribution is 2.37. The van der Waals surface area contributed by atoms with E-state index < -0.39 is 0 Å². The van der Waals surface area contributed by atoms with Crippen LogP contribution >= 0.6 is 0 Å². The highest BCUT2D eigenvalue weighted by Gasteiger charge is 2.25. The molecular weight excluding hydrogens is 448 g/mol. The summed E-state index contributed by atoms with van der Waals surface area (Å²) in [7, 11) is 3.57. The van der Waals surface area contributed by atoms with Crippen molar-refractivity contribution >= 4 is 23.0 Å². The molecule has 1 saturated carbocycles. The molecule has 36 heavy (non-hydrogen) atoms. The van der Waals surface area contributed by atoms with E-state index in [1.807, 2.05) is 45.2 Å². The Morgan fingerprint density at radius 2 is 1.75 bits per heavy atom. The number of carbonyl (C=O) groups excluding carboxylic acids is 1. The molecule has 4 N–H and O–H groups in total. The fourth-order valence-electron chi connectivity index (χ4n) is 4.52. The zero-order chi connectivity index (χ0) is 26.2. The van der Waals surface area contributed by atoms with Crippen LogP contribution in [-0.4, -0.2) is 50.0 Å². The van der Waals surface area contributed by atoms with Crippen molar-refractivity contribution in [2.45, 2.75) is 46.1 Å². The summed E-state index contributed by atoms with van der Waals surface area (Å²) in [5, 5.41) is 18.9. The SMILES string of the molecule is C=C(CN[C@@H](C)CO)/C(=C\C(=N/C)C(=O)Nc1cccc(-c2cccc(NC)c2C)c1C)C1CCC1. The molecular formula is C30H40N4O2. The molecule has 0 aromatic heterocycles. The van der Waals surface area contributed by atoms with Crippen molar-refractivity contribution in [1.29, 1.82) is 0 Å². The lowest BCUT2D eigenvalue weighted by molar-refractivity contribution is -0.110. The number of aliphatic hydroxyl groups is 1. The molecule has 2 aromatic rings. The molecule has 0 heterocycles. The minimum atomic E-state index is -0.236. The number of aliphatic imine (C=N–C) groups is 1. The highest BCUT2D eigenvalue weighted by atomic mass is 16.3. The van der Waals surface area contributed by atoms with E-state index in [0.29, 0.717) is 18.2 Å². The third-order valence-corrected chi connectivity index (χ3v) is 7.13. The van der Waals surface area contributed by atoms with Gasteiger partial charge in [-0.25, -0.2) is 0 Å². The van der Waals surface area contributed by atoms with Crippen LogP contribution in [0.3, 0.4) is 0 Å². The molecule has 1 atom stereocenters. The van der Waals surface area contributed by atoms with Crippen LogP contribution in [0.25, 0.3) is 11.1 Å². The van der Waals surface area contributed by atoms with Gasteiger partial charge in [0.1, 0.15) is 5.71 Å². The van der Waals surface area contributed by atoms with Gasteiger partial charge >= 0.3 is 0 Å². The summed E-state index contributed by atoms with van der Waals surface area (Å²) >= 11 is 0. The number of hydrogen-bond acceptors (Lipinski definition) is 5. The third-order valence-electron chi connectivity index (χ3n) is 7.13. The van der Waals surface area contributed by atoms with Crippen LogP contribution in [0.15, 0.2) is 65.2 Å². The molecule has 3 rings (SSSR count). The fraction of sp³-hybridized carbons (Fsp3) is 0.400. The van der Waals surface area contributed by atoms with Crippen molar-refractivity contribution in [1.82, 2.24) is 5.32 Å². The Labute approximate surface area is 215 Å². The van der Waals surface area contributed by atoms with E-state index in [2.05, 4.69) is 52.6 Å². The van der Waals surface area contributed by atoms with Gasteiger partial charge in [-0.3, -0.25) is 9.79 Å². The number of amides is 1. The number of nitrogens with one attached hydrogen (secondary N) is 3. The first-order valence-corrected chi connectivity index (χ1v) is 12.7. The van der Waals surface area contributed by atoms with E-state index in [0.717, 1.165) is 57.6 Å². The molecule has 0 unspecified atom stereocenters. The van der Waals surface area contributed by atoms with Crippen LogP contribution in [0, 0.1) is 19.8 Å². The zero-order valence-electron chi connectivity index (χ0n) is 22.2. The molecule has 1 aliphatic rings. The molecule has 6 nitrogen and oxygen atoms in total. The average molecular weight is 489 g/mol. The largest absolute Gasteiger partial charge is 0.395 e. The van der Waals surface area contributed by atoms with Gasteiger partial charge in [-0.1, -0.05) is 37.3 Å². The third kappa shape index (κ3) is 6.31. The Balaban J connectivity index is 1.85. The second-order valence-electron chi connectivity index (χ2n) is 9.56. The Morgan fingerprint density at radius 1 is 1.14 bits per heavy atom. The summed E-state index contributed by atoms with van der Waals surface area (Å²) < 4.78 is 0. The van der Waals surface area contributed by atoms with Gasteiger partial charge in [0.15, 0.2) is 0 Å². The summed E-state index contributed by atoms with van der Waals surface area (Å²) in [6.45, 7) is 11.0. The Morgan fingerprint density at radius 3 is 2.28 bits per heavy atom. The summed E-state index contributed by atoms with van der Waals surface area (Å²) in [4.78, 5) is 17.7. The van der Waals surface area contributed by atoms with Gasteiger partial charge in [0.25, 0.3) is 5.91 Å². The zero-order valence-corrected chi connectivity index (χ0v) is 22.2. The van der Waals surface area contributed by atoms with Crippen LogP contribution in [0.4, 0.5) is 11.4 Å². The van der Waals surface area contributed by atoms with E-state index in [4.69, 9.17) is 0 Å². The van der Waals surface area contributed by atoms with E-state index >= 15 is 0 Å².